The zero-order valence-electron chi connectivity index (χ0n) is 14.1. The van der Waals surface area contributed by atoms with Gasteiger partial charge >= 0.3 is 5.97 Å². The van der Waals surface area contributed by atoms with E-state index in [0.29, 0.717) is 19.7 Å². The van der Waals surface area contributed by atoms with Crippen molar-refractivity contribution in [1.82, 2.24) is 10.2 Å². The van der Waals surface area contributed by atoms with Crippen LogP contribution in [0.5, 0.6) is 0 Å². The van der Waals surface area contributed by atoms with Crippen LogP contribution >= 0.6 is 0 Å². The van der Waals surface area contributed by atoms with E-state index in [1.54, 1.807) is 11.8 Å². The van der Waals surface area contributed by atoms with Gasteiger partial charge in [-0.15, -0.1) is 0 Å². The molecule has 126 valence electrons. The molecule has 0 aromatic heterocycles. The van der Waals surface area contributed by atoms with Crippen molar-refractivity contribution in [2.45, 2.75) is 59.4 Å². The molecule has 1 saturated heterocycles. The number of amides is 2. The Morgan fingerprint density at radius 1 is 1.14 bits per heavy atom. The zero-order chi connectivity index (χ0) is 16.8. The van der Waals surface area contributed by atoms with Gasteiger partial charge in [-0.25, -0.2) is 0 Å². The average Bonchev–Trinajstić information content (AvgIpc) is 2.45. The van der Waals surface area contributed by atoms with Crippen LogP contribution in [-0.4, -0.2) is 48.4 Å². The fourth-order valence-electron chi connectivity index (χ4n) is 2.28. The van der Waals surface area contributed by atoms with Crippen LogP contribution in [0.1, 0.15) is 53.4 Å². The Morgan fingerprint density at radius 2 is 1.73 bits per heavy atom. The van der Waals surface area contributed by atoms with E-state index in [9.17, 15) is 14.4 Å². The molecule has 1 rings (SSSR count). The first-order valence-corrected chi connectivity index (χ1v) is 7.98. The molecule has 0 bridgehead atoms. The Kier molecular flexibility index (Phi) is 6.84. The van der Waals surface area contributed by atoms with Crippen molar-refractivity contribution in [3.8, 4) is 0 Å². The minimum atomic E-state index is -0.396. The van der Waals surface area contributed by atoms with Crippen molar-refractivity contribution in [3.63, 3.8) is 0 Å². The molecule has 0 aliphatic carbocycles. The van der Waals surface area contributed by atoms with E-state index in [2.05, 4.69) is 5.32 Å². The summed E-state index contributed by atoms with van der Waals surface area (Å²) in [5.41, 5.74) is -0.396. The first kappa shape index (κ1) is 18.5. The molecule has 0 spiro atoms. The third-order valence-electron chi connectivity index (χ3n) is 3.71. The van der Waals surface area contributed by atoms with Gasteiger partial charge < -0.3 is 15.0 Å². The van der Waals surface area contributed by atoms with E-state index in [1.807, 2.05) is 20.8 Å². The van der Waals surface area contributed by atoms with Gasteiger partial charge in [0.1, 0.15) is 0 Å². The molecule has 2 amide bonds. The Morgan fingerprint density at radius 3 is 2.23 bits per heavy atom. The van der Waals surface area contributed by atoms with Gasteiger partial charge in [-0.3, -0.25) is 14.4 Å². The first-order chi connectivity index (χ1) is 10.2. The first-order valence-electron chi connectivity index (χ1n) is 7.98. The maximum Gasteiger partial charge on any atom is 0.306 e. The molecule has 0 atom stereocenters. The summed E-state index contributed by atoms with van der Waals surface area (Å²) in [5.74, 6) is -0.309. The van der Waals surface area contributed by atoms with Crippen molar-refractivity contribution in [3.05, 3.63) is 0 Å². The molecule has 1 N–H and O–H groups in total. The lowest BCUT2D eigenvalue weighted by Crippen LogP contribution is -2.49. The van der Waals surface area contributed by atoms with E-state index in [1.165, 1.54) is 0 Å². The van der Waals surface area contributed by atoms with Gasteiger partial charge in [0.2, 0.25) is 11.8 Å². The molecule has 0 unspecified atom stereocenters. The summed E-state index contributed by atoms with van der Waals surface area (Å²) in [5, 5.41) is 3.03. The number of likely N-dealkylation sites (tertiary alicyclic amines) is 1. The molecule has 6 nitrogen and oxygen atoms in total. The van der Waals surface area contributed by atoms with Crippen molar-refractivity contribution in [1.29, 1.82) is 0 Å². The fourth-order valence-corrected chi connectivity index (χ4v) is 2.28. The lowest BCUT2D eigenvalue weighted by Gasteiger charge is -2.33. The second-order valence-corrected chi connectivity index (χ2v) is 6.68. The number of nitrogens with one attached hydrogen (secondary N) is 1. The lowest BCUT2D eigenvalue weighted by atomic mass is 9.94. The fraction of sp³-hybridized carbons (Fsp3) is 0.812. The summed E-state index contributed by atoms with van der Waals surface area (Å²) in [6, 6.07) is 0.126. The molecule has 6 heteroatoms. The predicted octanol–water partition coefficient (Wildman–Crippen LogP) is 1.48. The zero-order valence-corrected chi connectivity index (χ0v) is 14.1. The van der Waals surface area contributed by atoms with Gasteiger partial charge in [0.25, 0.3) is 0 Å². The third-order valence-corrected chi connectivity index (χ3v) is 3.71. The molecular formula is C16H28N2O4. The SMILES string of the molecule is CCOC(=O)CCC(=O)N1CCC(NC(=O)C(C)(C)C)CC1. The molecule has 0 aromatic rings. The van der Waals surface area contributed by atoms with E-state index in [-0.39, 0.29) is 36.7 Å². The predicted molar refractivity (Wildman–Crippen MR) is 83.1 cm³/mol. The molecule has 1 aliphatic rings. The molecular weight excluding hydrogens is 284 g/mol. The molecule has 0 aromatic carbocycles. The van der Waals surface area contributed by atoms with Crippen LogP contribution in [0.3, 0.4) is 0 Å². The summed E-state index contributed by atoms with van der Waals surface area (Å²) < 4.78 is 4.82. The highest BCUT2D eigenvalue weighted by atomic mass is 16.5. The minimum absolute atomic E-state index is 0.0198. The Hall–Kier alpha value is -1.59. The van der Waals surface area contributed by atoms with Gasteiger partial charge in [-0.2, -0.15) is 0 Å². The van der Waals surface area contributed by atoms with Crippen LogP contribution in [0.25, 0.3) is 0 Å². The van der Waals surface area contributed by atoms with Gasteiger partial charge in [0.05, 0.1) is 13.0 Å². The molecule has 1 fully saturated rings. The van der Waals surface area contributed by atoms with E-state index in [0.717, 1.165) is 12.8 Å². The standard InChI is InChI=1S/C16H28N2O4/c1-5-22-14(20)7-6-13(19)18-10-8-12(9-11-18)17-15(21)16(2,3)4/h12H,5-11H2,1-4H3,(H,17,21). The van der Waals surface area contributed by atoms with E-state index < -0.39 is 5.41 Å². The highest BCUT2D eigenvalue weighted by Crippen LogP contribution is 2.17. The van der Waals surface area contributed by atoms with Crippen LogP contribution in [0.2, 0.25) is 0 Å². The number of nitrogens with zero attached hydrogens (tertiary/aromatic N) is 1. The van der Waals surface area contributed by atoms with Crippen molar-refractivity contribution in [2.75, 3.05) is 19.7 Å². The molecule has 1 aliphatic heterocycles. The molecule has 1 heterocycles. The van der Waals surface area contributed by atoms with Gasteiger partial charge in [-0.05, 0) is 19.8 Å². The van der Waals surface area contributed by atoms with Crippen LogP contribution < -0.4 is 5.32 Å². The van der Waals surface area contributed by atoms with E-state index >= 15 is 0 Å². The number of carbonyl (C=O) groups is 3. The van der Waals surface area contributed by atoms with E-state index in [4.69, 9.17) is 4.74 Å². The number of hydrogen-bond acceptors (Lipinski definition) is 4. The summed E-state index contributed by atoms with van der Waals surface area (Å²) in [4.78, 5) is 37.0. The maximum absolute atomic E-state index is 12.0. The topological polar surface area (TPSA) is 75.7 Å². The Balaban J connectivity index is 2.31. The maximum atomic E-state index is 12.0. The third kappa shape index (κ3) is 6.03. The molecule has 0 radical (unpaired) electrons. The second kappa shape index (κ2) is 8.15. The highest BCUT2D eigenvalue weighted by molar-refractivity contribution is 5.82. The normalized spacial score (nSPS) is 16.3. The van der Waals surface area contributed by atoms with Crippen LogP contribution in [0.15, 0.2) is 0 Å². The van der Waals surface area contributed by atoms with Crippen molar-refractivity contribution >= 4 is 17.8 Å². The molecule has 22 heavy (non-hydrogen) atoms. The Labute approximate surface area is 132 Å². The second-order valence-electron chi connectivity index (χ2n) is 6.68. The van der Waals surface area contributed by atoms with Crippen LogP contribution in [-0.2, 0) is 19.1 Å². The lowest BCUT2D eigenvalue weighted by molar-refractivity contribution is -0.146. The summed E-state index contributed by atoms with van der Waals surface area (Å²) >= 11 is 0. The Bertz CT molecular complexity index is 407. The number of hydrogen-bond donors (Lipinski definition) is 1. The van der Waals surface area contributed by atoms with Crippen molar-refractivity contribution in [2.24, 2.45) is 5.41 Å². The van der Waals surface area contributed by atoms with Gasteiger partial charge in [0.15, 0.2) is 0 Å². The van der Waals surface area contributed by atoms with Gasteiger partial charge in [-0.1, -0.05) is 20.8 Å². The summed E-state index contributed by atoms with van der Waals surface area (Å²) in [6.45, 7) is 8.99. The average molecular weight is 312 g/mol. The summed E-state index contributed by atoms with van der Waals surface area (Å²) in [6.07, 6.45) is 1.84. The summed E-state index contributed by atoms with van der Waals surface area (Å²) in [7, 11) is 0. The van der Waals surface area contributed by atoms with Gasteiger partial charge in [0, 0.05) is 31.0 Å². The molecule has 0 saturated carbocycles. The monoisotopic (exact) mass is 312 g/mol. The smallest absolute Gasteiger partial charge is 0.306 e. The van der Waals surface area contributed by atoms with Crippen LogP contribution in [0.4, 0.5) is 0 Å². The number of esters is 1. The van der Waals surface area contributed by atoms with Crippen molar-refractivity contribution < 1.29 is 19.1 Å². The number of piperidine rings is 1. The number of carbonyl (C=O) groups excluding carboxylic acids is 3. The van der Waals surface area contributed by atoms with Crippen LogP contribution in [0, 0.1) is 5.41 Å². The number of ether oxygens (including phenoxy) is 1. The number of rotatable bonds is 5. The quantitative estimate of drug-likeness (QED) is 0.780. The largest absolute Gasteiger partial charge is 0.466 e. The minimum Gasteiger partial charge on any atom is -0.466 e. The highest BCUT2D eigenvalue weighted by Gasteiger charge is 2.27.